The van der Waals surface area contributed by atoms with Gasteiger partial charge in [-0.2, -0.15) is 0 Å². The van der Waals surface area contributed by atoms with Crippen LogP contribution in [0.25, 0.3) is 0 Å². The Hall–Kier alpha value is -3.22. The fraction of sp³-hybridized carbons (Fsp3) is 0.211. The molecule has 0 aromatic heterocycles. The number of rotatable bonds is 3. The Labute approximate surface area is 149 Å². The van der Waals surface area contributed by atoms with E-state index in [4.69, 9.17) is 0 Å². The van der Waals surface area contributed by atoms with Gasteiger partial charge in [-0.3, -0.25) is 9.59 Å². The number of hydrogen-bond donors (Lipinski definition) is 1. The van der Waals surface area contributed by atoms with Gasteiger partial charge in [0.15, 0.2) is 0 Å². The number of nitrogens with zero attached hydrogens (tertiary/aromatic N) is 2. The predicted molar refractivity (Wildman–Crippen MR) is 93.4 cm³/mol. The molecule has 2 aromatic carbocycles. The number of halogens is 1. The van der Waals surface area contributed by atoms with Crippen molar-refractivity contribution in [3.05, 3.63) is 59.9 Å². The number of fused-ring (bicyclic) bond motifs is 1. The van der Waals surface area contributed by atoms with Crippen molar-refractivity contribution in [1.29, 1.82) is 0 Å². The van der Waals surface area contributed by atoms with E-state index in [2.05, 4.69) is 5.32 Å². The molecule has 0 spiro atoms. The van der Waals surface area contributed by atoms with Gasteiger partial charge in [0, 0.05) is 17.8 Å². The Morgan fingerprint density at radius 1 is 1.12 bits per heavy atom. The third-order valence-corrected chi connectivity index (χ3v) is 4.64. The molecule has 0 bridgehead atoms. The minimum absolute atomic E-state index is 0.185. The number of carbonyl (C=O) groups is 3. The van der Waals surface area contributed by atoms with Crippen LogP contribution in [0.15, 0.2) is 48.5 Å². The molecule has 0 unspecified atom stereocenters. The fourth-order valence-electron chi connectivity index (χ4n) is 3.42. The van der Waals surface area contributed by atoms with Crippen molar-refractivity contribution in [1.82, 2.24) is 4.90 Å². The predicted octanol–water partition coefficient (Wildman–Crippen LogP) is 3.01. The lowest BCUT2D eigenvalue weighted by Crippen LogP contribution is -2.33. The summed E-state index contributed by atoms with van der Waals surface area (Å²) in [7, 11) is 0. The van der Waals surface area contributed by atoms with Crippen LogP contribution in [0, 0.1) is 5.82 Å². The number of hydrogen-bond acceptors (Lipinski definition) is 3. The van der Waals surface area contributed by atoms with Gasteiger partial charge < -0.3 is 10.2 Å². The average molecular weight is 353 g/mol. The molecule has 26 heavy (non-hydrogen) atoms. The molecule has 7 heteroatoms. The Bertz CT molecular complexity index is 892. The molecule has 1 N–H and O–H groups in total. The number of nitrogens with one attached hydrogen (secondary N) is 1. The highest BCUT2D eigenvalue weighted by Crippen LogP contribution is 2.32. The smallest absolute Gasteiger partial charge is 0.322 e. The van der Waals surface area contributed by atoms with Gasteiger partial charge in [-0.05, 0) is 49.2 Å². The first-order chi connectivity index (χ1) is 12.5. The molecule has 2 aliphatic rings. The van der Waals surface area contributed by atoms with Gasteiger partial charge in [0.25, 0.3) is 11.8 Å². The molecule has 6 nitrogen and oxygen atoms in total. The van der Waals surface area contributed by atoms with Crippen LogP contribution in [0.5, 0.6) is 0 Å². The zero-order valence-electron chi connectivity index (χ0n) is 13.8. The summed E-state index contributed by atoms with van der Waals surface area (Å²) in [6.45, 7) is 0.585. The highest BCUT2D eigenvalue weighted by atomic mass is 19.1. The largest absolute Gasteiger partial charge is 0.332 e. The van der Waals surface area contributed by atoms with Gasteiger partial charge in [0.1, 0.15) is 11.9 Å². The Morgan fingerprint density at radius 3 is 2.69 bits per heavy atom. The van der Waals surface area contributed by atoms with E-state index in [0.717, 1.165) is 17.4 Å². The number of urea groups is 1. The van der Waals surface area contributed by atoms with Gasteiger partial charge >= 0.3 is 6.03 Å². The lowest BCUT2D eigenvalue weighted by atomic mass is 10.2. The van der Waals surface area contributed by atoms with Crippen LogP contribution in [-0.4, -0.2) is 35.3 Å². The average Bonchev–Trinajstić information content (AvgIpc) is 3.19. The summed E-state index contributed by atoms with van der Waals surface area (Å²) >= 11 is 0. The number of carbonyl (C=O) groups excluding carboxylic acids is 3. The molecule has 1 atom stereocenters. The van der Waals surface area contributed by atoms with E-state index in [0.29, 0.717) is 24.3 Å². The zero-order valence-corrected chi connectivity index (χ0v) is 13.8. The third-order valence-electron chi connectivity index (χ3n) is 4.64. The number of imide groups is 1. The second-order valence-electron chi connectivity index (χ2n) is 6.32. The molecule has 4 amide bonds. The summed E-state index contributed by atoms with van der Waals surface area (Å²) < 4.78 is 13.3. The highest BCUT2D eigenvalue weighted by molar-refractivity contribution is 6.21. The molecule has 2 aliphatic heterocycles. The minimum atomic E-state index is -0.500. The maximum atomic E-state index is 13.3. The first-order valence-electron chi connectivity index (χ1n) is 8.36. The summed E-state index contributed by atoms with van der Waals surface area (Å²) in [6.07, 6.45) is 1.51. The quantitative estimate of drug-likeness (QED) is 0.863. The van der Waals surface area contributed by atoms with E-state index in [9.17, 15) is 18.8 Å². The highest BCUT2D eigenvalue weighted by Gasteiger charge is 2.47. The van der Waals surface area contributed by atoms with Crippen molar-refractivity contribution in [3.8, 4) is 0 Å². The Morgan fingerprint density at radius 2 is 1.92 bits per heavy atom. The fourth-order valence-corrected chi connectivity index (χ4v) is 3.42. The van der Waals surface area contributed by atoms with Crippen molar-refractivity contribution in [2.24, 2.45) is 0 Å². The number of anilines is 2. The first kappa shape index (κ1) is 16.3. The normalized spacial score (nSPS) is 19.0. The van der Waals surface area contributed by atoms with E-state index < -0.39 is 11.7 Å². The molecule has 4 rings (SSSR count). The summed E-state index contributed by atoms with van der Waals surface area (Å²) in [6, 6.07) is 11.2. The van der Waals surface area contributed by atoms with Gasteiger partial charge in [0.2, 0.25) is 0 Å². The van der Waals surface area contributed by atoms with Gasteiger partial charge in [-0.1, -0.05) is 12.1 Å². The van der Waals surface area contributed by atoms with Crippen molar-refractivity contribution in [2.75, 3.05) is 16.8 Å². The number of amides is 4. The van der Waals surface area contributed by atoms with Crippen LogP contribution in [0.4, 0.5) is 20.6 Å². The van der Waals surface area contributed by atoms with Gasteiger partial charge in [0.05, 0.1) is 5.69 Å². The summed E-state index contributed by atoms with van der Waals surface area (Å²) in [5.41, 5.74) is 1.01. The summed E-state index contributed by atoms with van der Waals surface area (Å²) in [5.74, 6) is -1.21. The van der Waals surface area contributed by atoms with E-state index in [1.807, 2.05) is 0 Å². The van der Waals surface area contributed by atoms with Gasteiger partial charge in [-0.15, -0.1) is 0 Å². The SMILES string of the molecule is O=C(Nc1cccc(N2C(=O)[C@@H]3CCCN3C2=O)c1)c1cccc(F)c1. The van der Waals surface area contributed by atoms with Crippen molar-refractivity contribution in [3.63, 3.8) is 0 Å². The molecule has 2 fully saturated rings. The van der Waals surface area contributed by atoms with E-state index >= 15 is 0 Å². The van der Waals surface area contributed by atoms with Crippen molar-refractivity contribution < 1.29 is 18.8 Å². The molecule has 2 aromatic rings. The van der Waals surface area contributed by atoms with Crippen LogP contribution in [0.3, 0.4) is 0 Å². The Balaban J connectivity index is 1.57. The lowest BCUT2D eigenvalue weighted by Gasteiger charge is -2.16. The number of benzene rings is 2. The van der Waals surface area contributed by atoms with Crippen LogP contribution in [0.1, 0.15) is 23.2 Å². The summed E-state index contributed by atoms with van der Waals surface area (Å²) in [4.78, 5) is 40.0. The van der Waals surface area contributed by atoms with E-state index in [1.165, 1.54) is 18.2 Å². The monoisotopic (exact) mass is 353 g/mol. The standard InChI is InChI=1S/C19H16FN3O3/c20-13-5-1-4-12(10-13)17(24)21-14-6-2-7-15(11-14)23-18(25)16-8-3-9-22(16)19(23)26/h1-2,4-7,10-11,16H,3,8-9H2,(H,21,24)/t16-/m0/s1. The van der Waals surface area contributed by atoms with Gasteiger partial charge in [-0.25, -0.2) is 14.1 Å². The van der Waals surface area contributed by atoms with Crippen molar-refractivity contribution >= 4 is 29.2 Å². The molecule has 0 saturated carbocycles. The van der Waals surface area contributed by atoms with Crippen LogP contribution < -0.4 is 10.2 Å². The first-order valence-corrected chi connectivity index (χ1v) is 8.36. The molecule has 0 aliphatic carbocycles. The van der Waals surface area contributed by atoms with E-state index in [-0.39, 0.29) is 23.5 Å². The van der Waals surface area contributed by atoms with Crippen LogP contribution >= 0.6 is 0 Å². The molecule has 132 valence electrons. The molecular weight excluding hydrogens is 337 g/mol. The molecule has 0 radical (unpaired) electrons. The topological polar surface area (TPSA) is 69.7 Å². The minimum Gasteiger partial charge on any atom is -0.322 e. The second-order valence-corrected chi connectivity index (χ2v) is 6.32. The zero-order chi connectivity index (χ0) is 18.3. The summed E-state index contributed by atoms with van der Waals surface area (Å²) in [5, 5.41) is 2.66. The third kappa shape index (κ3) is 2.71. The molecule has 2 heterocycles. The lowest BCUT2D eigenvalue weighted by molar-refractivity contribution is -0.119. The van der Waals surface area contributed by atoms with Crippen LogP contribution in [-0.2, 0) is 4.79 Å². The van der Waals surface area contributed by atoms with E-state index in [1.54, 1.807) is 29.2 Å². The maximum absolute atomic E-state index is 13.3. The molecule has 2 saturated heterocycles. The van der Waals surface area contributed by atoms with Crippen molar-refractivity contribution in [2.45, 2.75) is 18.9 Å². The Kier molecular flexibility index (Phi) is 3.91. The second kappa shape index (κ2) is 6.25. The maximum Gasteiger partial charge on any atom is 0.332 e. The molecular formula is C19H16FN3O3. The van der Waals surface area contributed by atoms with Crippen LogP contribution in [0.2, 0.25) is 0 Å².